The zero-order valence-corrected chi connectivity index (χ0v) is 35.5. The molecule has 0 bridgehead atoms. The van der Waals surface area contributed by atoms with E-state index in [-0.39, 0.29) is 5.41 Å². The van der Waals surface area contributed by atoms with E-state index in [2.05, 4.69) is 266 Å². The van der Waals surface area contributed by atoms with E-state index in [9.17, 15) is 0 Å². The second-order valence-corrected chi connectivity index (χ2v) is 17.0. The Morgan fingerprint density at radius 3 is 1.13 bits per heavy atom. The van der Waals surface area contributed by atoms with Crippen molar-refractivity contribution < 1.29 is 0 Å². The van der Waals surface area contributed by atoms with Crippen molar-refractivity contribution in [2.45, 2.75) is 19.3 Å². The predicted octanol–water partition coefficient (Wildman–Crippen LogP) is 17.1. The summed E-state index contributed by atoms with van der Waals surface area (Å²) in [6, 6.07) is 88.0. The summed E-state index contributed by atoms with van der Waals surface area (Å²) >= 11 is 0. The highest BCUT2D eigenvalue weighted by molar-refractivity contribution is 6.09. The molecule has 10 aromatic carbocycles. The summed E-state index contributed by atoms with van der Waals surface area (Å²) in [6.07, 6.45) is 0. The fraction of sp³-hybridized carbons (Fsp3) is 0.0492. The molecule has 0 saturated carbocycles. The Bertz CT molecular complexity index is 3190. The molecule has 2 heteroatoms. The molecule has 0 aliphatic heterocycles. The lowest BCUT2D eigenvalue weighted by Gasteiger charge is -2.28. The van der Waals surface area contributed by atoms with Crippen molar-refractivity contribution >= 4 is 44.9 Å². The third-order valence-corrected chi connectivity index (χ3v) is 12.9. The Balaban J connectivity index is 0.973. The first-order chi connectivity index (χ1) is 31.0. The highest BCUT2D eigenvalue weighted by Crippen LogP contribution is 2.55. The van der Waals surface area contributed by atoms with Crippen LogP contribution in [0.5, 0.6) is 0 Å². The topological polar surface area (TPSA) is 6.48 Å². The first kappa shape index (κ1) is 38.0. The Labute approximate surface area is 370 Å². The maximum Gasteiger partial charge on any atom is 0.0465 e. The average molecular weight is 807 g/mol. The molecule has 1 aliphatic carbocycles. The lowest BCUT2D eigenvalue weighted by molar-refractivity contribution is 0.661. The molecule has 0 saturated heterocycles. The van der Waals surface area contributed by atoms with Crippen LogP contribution in [-0.4, -0.2) is 0 Å². The van der Waals surface area contributed by atoms with Crippen molar-refractivity contribution in [2.75, 3.05) is 9.80 Å². The molecule has 63 heavy (non-hydrogen) atoms. The highest BCUT2D eigenvalue weighted by atomic mass is 15.1. The summed E-state index contributed by atoms with van der Waals surface area (Å²) in [4.78, 5) is 4.72. The van der Waals surface area contributed by atoms with Gasteiger partial charge in [-0.2, -0.15) is 0 Å². The maximum absolute atomic E-state index is 2.47. The molecule has 0 N–H and O–H groups in total. The Morgan fingerprint density at radius 2 is 0.635 bits per heavy atom. The van der Waals surface area contributed by atoms with Crippen LogP contribution in [0.2, 0.25) is 0 Å². The average Bonchev–Trinajstić information content (AvgIpc) is 3.58. The molecule has 10 aromatic rings. The molecule has 0 unspecified atom stereocenters. The van der Waals surface area contributed by atoms with Crippen molar-refractivity contribution in [1.82, 2.24) is 0 Å². The Hall–Kier alpha value is -7.94. The number of benzene rings is 10. The molecule has 0 spiro atoms. The highest BCUT2D eigenvalue weighted by Gasteiger charge is 2.38. The zero-order valence-electron chi connectivity index (χ0n) is 35.5. The molecule has 0 radical (unpaired) electrons. The molecule has 300 valence electrons. The van der Waals surface area contributed by atoms with Crippen molar-refractivity contribution in [2.24, 2.45) is 0 Å². The van der Waals surface area contributed by atoms with Gasteiger partial charge in [0.25, 0.3) is 0 Å². The fourth-order valence-corrected chi connectivity index (χ4v) is 9.65. The van der Waals surface area contributed by atoms with Crippen LogP contribution in [0.3, 0.4) is 0 Å². The van der Waals surface area contributed by atoms with Crippen LogP contribution in [0.25, 0.3) is 55.3 Å². The number of para-hydroxylation sites is 2. The standard InChI is InChI=1S/C61H46N2/c1-61(2)58-41-53(63(49-23-13-6-14-24-49)52-35-29-46(30-36-52)44-19-9-4-10-20-44)39-40-56(58)60-55-26-16-15-25-54(55)57(42-59(60)61)47-31-37-51(38-32-47)62(48-21-11-5-12-22-48)50-33-27-45(28-34-50)43-17-7-3-8-18-43/h3-42H,1-2H3. The van der Waals surface area contributed by atoms with Gasteiger partial charge in [0.1, 0.15) is 0 Å². The quantitative estimate of drug-likeness (QED) is 0.143. The minimum atomic E-state index is -0.241. The summed E-state index contributed by atoms with van der Waals surface area (Å²) in [7, 11) is 0. The van der Waals surface area contributed by atoms with Gasteiger partial charge >= 0.3 is 0 Å². The first-order valence-corrected chi connectivity index (χ1v) is 21.8. The van der Waals surface area contributed by atoms with Crippen molar-refractivity contribution in [3.05, 3.63) is 254 Å². The van der Waals surface area contributed by atoms with E-state index in [1.54, 1.807) is 0 Å². The minimum Gasteiger partial charge on any atom is -0.311 e. The summed E-state index contributed by atoms with van der Waals surface area (Å²) in [5.74, 6) is 0. The number of hydrogen-bond donors (Lipinski definition) is 0. The van der Waals surface area contributed by atoms with Crippen LogP contribution < -0.4 is 9.80 Å². The van der Waals surface area contributed by atoms with Gasteiger partial charge in [-0.15, -0.1) is 0 Å². The van der Waals surface area contributed by atoms with E-state index in [0.29, 0.717) is 0 Å². The Morgan fingerprint density at radius 1 is 0.270 bits per heavy atom. The van der Waals surface area contributed by atoms with Gasteiger partial charge in [-0.1, -0.05) is 178 Å². The second kappa shape index (κ2) is 15.8. The van der Waals surface area contributed by atoms with E-state index in [1.165, 1.54) is 66.4 Å². The molecule has 0 aromatic heterocycles. The van der Waals surface area contributed by atoms with Crippen LogP contribution in [0, 0.1) is 0 Å². The molecule has 0 amide bonds. The molecular formula is C61H46N2. The van der Waals surface area contributed by atoms with E-state index in [0.717, 1.165) is 34.1 Å². The van der Waals surface area contributed by atoms with Crippen LogP contribution in [0.15, 0.2) is 243 Å². The van der Waals surface area contributed by atoms with Crippen molar-refractivity contribution in [1.29, 1.82) is 0 Å². The maximum atomic E-state index is 2.47. The zero-order chi connectivity index (χ0) is 42.3. The number of nitrogens with zero attached hydrogens (tertiary/aromatic N) is 2. The molecule has 11 rings (SSSR count). The Kier molecular flexibility index (Phi) is 9.55. The van der Waals surface area contributed by atoms with Crippen molar-refractivity contribution in [3.8, 4) is 44.5 Å². The smallest absolute Gasteiger partial charge is 0.0465 e. The second-order valence-electron chi connectivity index (χ2n) is 17.0. The molecule has 0 heterocycles. The SMILES string of the molecule is CC1(C)c2cc(N(c3ccccc3)c3ccc(-c4ccccc4)cc3)ccc2-c2c1cc(-c1ccc(N(c3ccccc3)c3ccc(-c4ccccc4)cc3)cc1)c1ccccc21. The van der Waals surface area contributed by atoms with Gasteiger partial charge in [-0.05, 0) is 145 Å². The van der Waals surface area contributed by atoms with Gasteiger partial charge in [0, 0.05) is 39.5 Å². The van der Waals surface area contributed by atoms with Gasteiger partial charge in [-0.3, -0.25) is 0 Å². The van der Waals surface area contributed by atoms with E-state index < -0.39 is 0 Å². The number of fused-ring (bicyclic) bond motifs is 5. The molecule has 0 atom stereocenters. The number of rotatable bonds is 9. The minimum absolute atomic E-state index is 0.241. The van der Waals surface area contributed by atoms with Crippen LogP contribution >= 0.6 is 0 Å². The lowest BCUT2D eigenvalue weighted by Crippen LogP contribution is -2.16. The third-order valence-electron chi connectivity index (χ3n) is 12.9. The largest absolute Gasteiger partial charge is 0.311 e. The van der Waals surface area contributed by atoms with Crippen LogP contribution in [0.4, 0.5) is 34.1 Å². The van der Waals surface area contributed by atoms with Crippen molar-refractivity contribution in [3.63, 3.8) is 0 Å². The summed E-state index contributed by atoms with van der Waals surface area (Å²) in [6.45, 7) is 4.79. The molecule has 2 nitrogen and oxygen atoms in total. The molecule has 1 aliphatic rings. The van der Waals surface area contributed by atoms with Gasteiger partial charge < -0.3 is 9.80 Å². The number of anilines is 6. The van der Waals surface area contributed by atoms with Gasteiger partial charge in [0.2, 0.25) is 0 Å². The van der Waals surface area contributed by atoms with E-state index in [4.69, 9.17) is 0 Å². The third kappa shape index (κ3) is 6.87. The van der Waals surface area contributed by atoms with Gasteiger partial charge in [-0.25, -0.2) is 0 Å². The lowest BCUT2D eigenvalue weighted by atomic mass is 9.80. The number of hydrogen-bond acceptors (Lipinski definition) is 2. The van der Waals surface area contributed by atoms with Crippen LogP contribution in [-0.2, 0) is 5.41 Å². The summed E-state index contributed by atoms with van der Waals surface area (Å²) in [5.41, 5.74) is 19.1. The van der Waals surface area contributed by atoms with Gasteiger partial charge in [0.15, 0.2) is 0 Å². The normalized spacial score (nSPS) is 12.4. The van der Waals surface area contributed by atoms with Gasteiger partial charge in [0.05, 0.1) is 0 Å². The van der Waals surface area contributed by atoms with E-state index >= 15 is 0 Å². The molecule has 0 fully saturated rings. The first-order valence-electron chi connectivity index (χ1n) is 21.8. The fourth-order valence-electron chi connectivity index (χ4n) is 9.65. The predicted molar refractivity (Wildman–Crippen MR) is 267 cm³/mol. The van der Waals surface area contributed by atoms with Crippen LogP contribution in [0.1, 0.15) is 25.0 Å². The monoisotopic (exact) mass is 806 g/mol. The summed E-state index contributed by atoms with van der Waals surface area (Å²) in [5, 5.41) is 2.55. The summed E-state index contributed by atoms with van der Waals surface area (Å²) < 4.78 is 0. The molecular weight excluding hydrogens is 761 g/mol. The van der Waals surface area contributed by atoms with E-state index in [1.807, 2.05) is 0 Å².